The zero-order valence-corrected chi connectivity index (χ0v) is 11.7. The van der Waals surface area contributed by atoms with Gasteiger partial charge in [0.15, 0.2) is 0 Å². The number of ether oxygens (including phenoxy) is 1. The van der Waals surface area contributed by atoms with Gasteiger partial charge >= 0.3 is 0 Å². The van der Waals surface area contributed by atoms with E-state index in [9.17, 15) is 5.11 Å². The summed E-state index contributed by atoms with van der Waals surface area (Å²) >= 11 is 5.07. The summed E-state index contributed by atoms with van der Waals surface area (Å²) in [7, 11) is 0. The first kappa shape index (κ1) is 14.4. The van der Waals surface area contributed by atoms with Gasteiger partial charge in [-0.15, -0.1) is 0 Å². The highest BCUT2D eigenvalue weighted by Gasteiger charge is 2.27. The van der Waals surface area contributed by atoms with Gasteiger partial charge in [-0.05, 0) is 5.56 Å². The molecule has 1 aliphatic rings. The first-order valence-corrected chi connectivity index (χ1v) is 6.91. The number of aliphatic hydroxyl groups is 1. The predicted octanol–water partition coefficient (Wildman–Crippen LogP) is 1.10. The molecule has 1 fully saturated rings. The standard InChI is InChI=1S/C14H20N2O2S/c15-14(19)8-13(11-4-2-1-3-5-11)16-6-7-18-12(9-16)10-17/h1-5,12-13,17H,6-10H2,(H2,15,19). The van der Waals surface area contributed by atoms with Gasteiger partial charge in [0, 0.05) is 25.6 Å². The molecule has 1 heterocycles. The Morgan fingerprint density at radius 2 is 2.21 bits per heavy atom. The fourth-order valence-electron chi connectivity index (χ4n) is 2.46. The summed E-state index contributed by atoms with van der Waals surface area (Å²) in [6.45, 7) is 2.22. The lowest BCUT2D eigenvalue weighted by Crippen LogP contribution is -2.46. The molecule has 1 aromatic rings. The van der Waals surface area contributed by atoms with Gasteiger partial charge in [-0.25, -0.2) is 0 Å². The molecule has 0 aromatic heterocycles. The molecule has 1 aromatic carbocycles. The van der Waals surface area contributed by atoms with Crippen LogP contribution in [-0.2, 0) is 4.74 Å². The summed E-state index contributed by atoms with van der Waals surface area (Å²) in [5.74, 6) is 0. The number of aliphatic hydroxyl groups excluding tert-OH is 1. The SMILES string of the molecule is NC(=S)CC(c1ccccc1)N1CCOC(CO)C1. The second-order valence-electron chi connectivity index (χ2n) is 4.77. The van der Waals surface area contributed by atoms with Crippen molar-refractivity contribution >= 4 is 17.2 Å². The minimum Gasteiger partial charge on any atom is -0.394 e. The quantitative estimate of drug-likeness (QED) is 0.791. The first-order chi connectivity index (χ1) is 9.20. The number of hydrogen-bond donors (Lipinski definition) is 2. The van der Waals surface area contributed by atoms with Crippen molar-refractivity contribution in [3.05, 3.63) is 35.9 Å². The van der Waals surface area contributed by atoms with Crippen LogP contribution in [0.3, 0.4) is 0 Å². The number of thiocarbonyl (C=S) groups is 1. The summed E-state index contributed by atoms with van der Waals surface area (Å²) in [6, 6.07) is 10.4. The minimum atomic E-state index is -0.119. The van der Waals surface area contributed by atoms with Crippen molar-refractivity contribution < 1.29 is 9.84 Å². The van der Waals surface area contributed by atoms with Crippen LogP contribution in [0.15, 0.2) is 30.3 Å². The summed E-state index contributed by atoms with van der Waals surface area (Å²) in [6.07, 6.45) is 0.531. The molecule has 19 heavy (non-hydrogen) atoms. The van der Waals surface area contributed by atoms with Crippen LogP contribution in [-0.4, -0.2) is 47.4 Å². The summed E-state index contributed by atoms with van der Waals surface area (Å²) in [5.41, 5.74) is 6.93. The van der Waals surface area contributed by atoms with E-state index in [2.05, 4.69) is 17.0 Å². The molecule has 4 nitrogen and oxygen atoms in total. The third kappa shape index (κ3) is 3.98. The average Bonchev–Trinajstić information content (AvgIpc) is 2.45. The highest BCUT2D eigenvalue weighted by molar-refractivity contribution is 7.80. The number of nitrogens with zero attached hydrogens (tertiary/aromatic N) is 1. The summed E-state index contributed by atoms with van der Waals surface area (Å²) in [4.78, 5) is 2.81. The molecule has 3 N–H and O–H groups in total. The van der Waals surface area contributed by atoms with E-state index in [0.717, 1.165) is 6.54 Å². The maximum Gasteiger partial charge on any atom is 0.0933 e. The van der Waals surface area contributed by atoms with Gasteiger partial charge in [0.1, 0.15) is 0 Å². The van der Waals surface area contributed by atoms with E-state index in [1.54, 1.807) is 0 Å². The van der Waals surface area contributed by atoms with Crippen molar-refractivity contribution in [2.24, 2.45) is 5.73 Å². The molecule has 1 saturated heterocycles. The Kier molecular flexibility index (Phi) is 5.27. The highest BCUT2D eigenvalue weighted by atomic mass is 32.1. The predicted molar refractivity (Wildman–Crippen MR) is 79.0 cm³/mol. The molecule has 5 heteroatoms. The van der Waals surface area contributed by atoms with Gasteiger partial charge in [0.2, 0.25) is 0 Å². The largest absolute Gasteiger partial charge is 0.394 e. The Bertz CT molecular complexity index is 413. The van der Waals surface area contributed by atoms with Gasteiger partial charge in [-0.2, -0.15) is 0 Å². The van der Waals surface area contributed by atoms with Crippen LogP contribution in [0.4, 0.5) is 0 Å². The Labute approximate surface area is 119 Å². The molecular formula is C14H20N2O2S. The van der Waals surface area contributed by atoms with Gasteiger partial charge in [-0.3, -0.25) is 4.90 Å². The van der Waals surface area contributed by atoms with Crippen LogP contribution < -0.4 is 5.73 Å². The van der Waals surface area contributed by atoms with Gasteiger partial charge < -0.3 is 15.6 Å². The van der Waals surface area contributed by atoms with Crippen molar-refractivity contribution in [3.63, 3.8) is 0 Å². The van der Waals surface area contributed by atoms with Gasteiger partial charge in [0.25, 0.3) is 0 Å². The van der Waals surface area contributed by atoms with Crippen LogP contribution in [0.2, 0.25) is 0 Å². The van der Waals surface area contributed by atoms with Crippen molar-refractivity contribution in [2.75, 3.05) is 26.3 Å². The second-order valence-corrected chi connectivity index (χ2v) is 5.29. The molecular weight excluding hydrogens is 260 g/mol. The van der Waals surface area contributed by atoms with E-state index in [-0.39, 0.29) is 18.8 Å². The maximum absolute atomic E-state index is 9.24. The topological polar surface area (TPSA) is 58.7 Å². The summed E-state index contributed by atoms with van der Waals surface area (Å²) < 4.78 is 5.49. The van der Waals surface area contributed by atoms with Crippen molar-refractivity contribution in [2.45, 2.75) is 18.6 Å². The molecule has 0 bridgehead atoms. The van der Waals surface area contributed by atoms with Crippen molar-refractivity contribution in [3.8, 4) is 0 Å². The number of hydrogen-bond acceptors (Lipinski definition) is 4. The minimum absolute atomic E-state index is 0.0467. The third-order valence-corrected chi connectivity index (χ3v) is 3.56. The van der Waals surface area contributed by atoms with Crippen LogP contribution in [0, 0.1) is 0 Å². The zero-order valence-electron chi connectivity index (χ0n) is 10.9. The Morgan fingerprint density at radius 1 is 1.47 bits per heavy atom. The Hall–Kier alpha value is -1.01. The number of nitrogens with two attached hydrogens (primary N) is 1. The van der Waals surface area contributed by atoms with Crippen LogP contribution in [0.25, 0.3) is 0 Å². The normalized spacial score (nSPS) is 22.1. The molecule has 1 aliphatic heterocycles. The number of benzene rings is 1. The zero-order chi connectivity index (χ0) is 13.7. The maximum atomic E-state index is 9.24. The van der Waals surface area contributed by atoms with Crippen LogP contribution in [0.5, 0.6) is 0 Å². The van der Waals surface area contributed by atoms with Crippen molar-refractivity contribution in [1.29, 1.82) is 0 Å². The van der Waals surface area contributed by atoms with Crippen LogP contribution >= 0.6 is 12.2 Å². The Morgan fingerprint density at radius 3 is 2.84 bits per heavy atom. The van der Waals surface area contributed by atoms with E-state index >= 15 is 0 Å². The highest BCUT2D eigenvalue weighted by Crippen LogP contribution is 2.26. The number of rotatable bonds is 5. The fourth-order valence-corrected chi connectivity index (χ4v) is 2.62. The van der Waals surface area contributed by atoms with Crippen LogP contribution in [0.1, 0.15) is 18.0 Å². The first-order valence-electron chi connectivity index (χ1n) is 6.50. The Balaban J connectivity index is 2.15. The van der Waals surface area contributed by atoms with Gasteiger partial charge in [-0.1, -0.05) is 42.5 Å². The lowest BCUT2D eigenvalue weighted by atomic mass is 10.0. The van der Waals surface area contributed by atoms with E-state index in [1.807, 2.05) is 18.2 Å². The smallest absolute Gasteiger partial charge is 0.0933 e. The van der Waals surface area contributed by atoms with E-state index in [0.29, 0.717) is 24.6 Å². The monoisotopic (exact) mass is 280 g/mol. The molecule has 2 atom stereocenters. The van der Waals surface area contributed by atoms with E-state index in [1.165, 1.54) is 5.56 Å². The van der Waals surface area contributed by atoms with Gasteiger partial charge in [0.05, 0.1) is 24.3 Å². The van der Waals surface area contributed by atoms with E-state index in [4.69, 9.17) is 22.7 Å². The molecule has 2 unspecified atom stereocenters. The molecule has 0 aliphatic carbocycles. The van der Waals surface area contributed by atoms with Crippen molar-refractivity contribution in [1.82, 2.24) is 4.90 Å². The molecule has 0 spiro atoms. The summed E-state index contributed by atoms with van der Waals surface area (Å²) in [5, 5.41) is 9.24. The molecule has 0 amide bonds. The lowest BCUT2D eigenvalue weighted by molar-refractivity contribution is -0.0645. The fraction of sp³-hybridized carbons (Fsp3) is 0.500. The molecule has 0 radical (unpaired) electrons. The number of morpholine rings is 1. The molecule has 0 saturated carbocycles. The molecule has 104 valence electrons. The third-order valence-electron chi connectivity index (χ3n) is 3.39. The average molecular weight is 280 g/mol. The second kappa shape index (κ2) is 6.96. The lowest BCUT2D eigenvalue weighted by Gasteiger charge is -2.38. The van der Waals surface area contributed by atoms with E-state index < -0.39 is 0 Å². The molecule has 2 rings (SSSR count).